The van der Waals surface area contributed by atoms with Crippen molar-refractivity contribution < 1.29 is 14.7 Å². The topological polar surface area (TPSA) is 121 Å². The van der Waals surface area contributed by atoms with Crippen LogP contribution in [0.2, 0.25) is 0 Å². The average Bonchev–Trinajstić information content (AvgIpc) is 2.96. The second-order valence-electron chi connectivity index (χ2n) is 4.86. The molecule has 0 fully saturated rings. The summed E-state index contributed by atoms with van der Waals surface area (Å²) in [6, 6.07) is 9.47. The number of carbonyl (C=O) groups excluding carboxylic acids is 1. The van der Waals surface area contributed by atoms with E-state index in [9.17, 15) is 9.59 Å². The highest BCUT2D eigenvalue weighted by Crippen LogP contribution is 2.17. The molecule has 0 bridgehead atoms. The minimum Gasteiger partial charge on any atom is -0.478 e. The number of imidazole rings is 1. The summed E-state index contributed by atoms with van der Waals surface area (Å²) < 4.78 is 1.51. The third-order valence-corrected chi connectivity index (χ3v) is 3.17. The number of urea groups is 1. The summed E-state index contributed by atoms with van der Waals surface area (Å²) in [5.41, 5.74) is 1.34. The van der Waals surface area contributed by atoms with Gasteiger partial charge in [0.05, 0.1) is 11.8 Å². The Hall–Kier alpha value is -3.62. The van der Waals surface area contributed by atoms with Gasteiger partial charge in [-0.25, -0.2) is 19.1 Å². The van der Waals surface area contributed by atoms with Gasteiger partial charge in [-0.05, 0) is 30.3 Å². The Bertz CT molecular complexity index is 920. The molecule has 122 valence electrons. The van der Waals surface area contributed by atoms with Crippen molar-refractivity contribution in [1.82, 2.24) is 19.9 Å². The van der Waals surface area contributed by atoms with Crippen LogP contribution in [0.5, 0.6) is 0 Å². The number of aromatic nitrogens is 3. The lowest BCUT2D eigenvalue weighted by Crippen LogP contribution is -2.24. The molecule has 0 aliphatic rings. The number of fused-ring (bicyclic) bond motifs is 1. The fourth-order valence-electron chi connectivity index (χ4n) is 2.07. The van der Waals surface area contributed by atoms with Crippen molar-refractivity contribution in [2.24, 2.45) is 0 Å². The van der Waals surface area contributed by atoms with Gasteiger partial charge >= 0.3 is 12.0 Å². The predicted molar refractivity (Wildman–Crippen MR) is 87.7 cm³/mol. The van der Waals surface area contributed by atoms with Gasteiger partial charge in [-0.15, -0.1) is 5.10 Å². The highest BCUT2D eigenvalue weighted by molar-refractivity contribution is 5.89. The summed E-state index contributed by atoms with van der Waals surface area (Å²) in [7, 11) is 1.51. The Balaban J connectivity index is 1.84. The first kappa shape index (κ1) is 15.3. The quantitative estimate of drug-likeness (QED) is 0.581. The summed E-state index contributed by atoms with van der Waals surface area (Å²) in [6.45, 7) is 0. The van der Waals surface area contributed by atoms with Gasteiger partial charge in [0.25, 0.3) is 0 Å². The number of anilines is 3. The van der Waals surface area contributed by atoms with Crippen molar-refractivity contribution in [1.29, 1.82) is 0 Å². The number of rotatable bonds is 4. The van der Waals surface area contributed by atoms with Crippen LogP contribution >= 0.6 is 0 Å². The zero-order valence-corrected chi connectivity index (χ0v) is 12.6. The molecule has 0 radical (unpaired) electrons. The molecular formula is C15H14N6O3. The molecule has 2 heterocycles. The number of hydrogen-bond donors (Lipinski definition) is 4. The number of nitrogens with one attached hydrogen (secondary N) is 3. The van der Waals surface area contributed by atoms with Gasteiger partial charge in [-0.2, -0.15) is 0 Å². The van der Waals surface area contributed by atoms with E-state index in [2.05, 4.69) is 26.0 Å². The zero-order chi connectivity index (χ0) is 17.1. The fraction of sp³-hybridized carbons (Fsp3) is 0.0667. The van der Waals surface area contributed by atoms with Crippen molar-refractivity contribution in [3.8, 4) is 0 Å². The van der Waals surface area contributed by atoms with Gasteiger partial charge in [0, 0.05) is 12.7 Å². The first-order chi connectivity index (χ1) is 11.5. The highest BCUT2D eigenvalue weighted by Gasteiger charge is 2.07. The van der Waals surface area contributed by atoms with Gasteiger partial charge in [0.2, 0.25) is 0 Å². The first-order valence-electron chi connectivity index (χ1n) is 7.01. The van der Waals surface area contributed by atoms with Gasteiger partial charge in [-0.3, -0.25) is 5.32 Å². The molecule has 0 saturated heterocycles. The lowest BCUT2D eigenvalue weighted by molar-refractivity contribution is 0.0697. The summed E-state index contributed by atoms with van der Waals surface area (Å²) >= 11 is 0. The van der Waals surface area contributed by atoms with E-state index in [1.54, 1.807) is 30.5 Å². The van der Waals surface area contributed by atoms with Crippen molar-refractivity contribution in [3.63, 3.8) is 0 Å². The van der Waals surface area contributed by atoms with Gasteiger partial charge in [-0.1, -0.05) is 6.07 Å². The van der Waals surface area contributed by atoms with Crippen LogP contribution in [0.25, 0.3) is 5.65 Å². The van der Waals surface area contributed by atoms with E-state index in [4.69, 9.17) is 5.11 Å². The molecule has 2 amide bonds. The number of carboxylic acid groups (broad SMARTS) is 1. The van der Waals surface area contributed by atoms with Crippen molar-refractivity contribution >= 4 is 35.0 Å². The van der Waals surface area contributed by atoms with E-state index in [-0.39, 0.29) is 11.6 Å². The van der Waals surface area contributed by atoms with Crippen molar-refractivity contribution in [3.05, 3.63) is 48.2 Å². The monoisotopic (exact) mass is 326 g/mol. The zero-order valence-electron chi connectivity index (χ0n) is 12.6. The predicted octanol–water partition coefficient (Wildman–Crippen LogP) is 1.92. The standard InChI is InChI=1S/C15H14N6O3/c1-16-15(24)19-12-8-21-13(18-12)6-5-11(20-21)17-10-4-2-3-9(7-10)14(22)23/h2-8H,1H3,(H,17,20)(H,22,23)(H2,16,19,24). The minimum absolute atomic E-state index is 0.181. The maximum absolute atomic E-state index is 11.3. The lowest BCUT2D eigenvalue weighted by Gasteiger charge is -2.06. The summed E-state index contributed by atoms with van der Waals surface area (Å²) in [5.74, 6) is -0.123. The molecule has 2 aromatic heterocycles. The molecule has 9 nitrogen and oxygen atoms in total. The Kier molecular flexibility index (Phi) is 3.98. The second kappa shape index (κ2) is 6.24. The van der Waals surface area contributed by atoms with Crippen LogP contribution < -0.4 is 16.0 Å². The number of aromatic carboxylic acids is 1. The highest BCUT2D eigenvalue weighted by atomic mass is 16.4. The number of benzene rings is 1. The third kappa shape index (κ3) is 3.24. The maximum Gasteiger partial charge on any atom is 0.335 e. The third-order valence-electron chi connectivity index (χ3n) is 3.17. The number of hydrogen-bond acceptors (Lipinski definition) is 5. The van der Waals surface area contributed by atoms with E-state index in [1.165, 1.54) is 23.7 Å². The molecule has 0 aliphatic carbocycles. The molecule has 0 spiro atoms. The van der Waals surface area contributed by atoms with E-state index < -0.39 is 5.97 Å². The Morgan fingerprint density at radius 1 is 1.17 bits per heavy atom. The first-order valence-corrected chi connectivity index (χ1v) is 7.01. The van der Waals surface area contributed by atoms with Crippen molar-refractivity contribution in [2.45, 2.75) is 0 Å². The molecular weight excluding hydrogens is 312 g/mol. The SMILES string of the molecule is CNC(=O)Nc1cn2nc(Nc3cccc(C(=O)O)c3)ccc2n1. The van der Waals surface area contributed by atoms with Crippen LogP contribution in [0, 0.1) is 0 Å². The van der Waals surface area contributed by atoms with E-state index in [1.807, 2.05) is 0 Å². The fourth-order valence-corrected chi connectivity index (χ4v) is 2.07. The van der Waals surface area contributed by atoms with Gasteiger partial charge < -0.3 is 15.7 Å². The van der Waals surface area contributed by atoms with Crippen LogP contribution in [0.15, 0.2) is 42.6 Å². The van der Waals surface area contributed by atoms with Crippen LogP contribution in [0.4, 0.5) is 22.1 Å². The van der Waals surface area contributed by atoms with E-state index in [0.29, 0.717) is 23.0 Å². The molecule has 24 heavy (non-hydrogen) atoms. The maximum atomic E-state index is 11.3. The normalized spacial score (nSPS) is 10.4. The number of amides is 2. The molecule has 3 rings (SSSR count). The lowest BCUT2D eigenvalue weighted by atomic mass is 10.2. The smallest absolute Gasteiger partial charge is 0.335 e. The van der Waals surface area contributed by atoms with Crippen LogP contribution in [0.3, 0.4) is 0 Å². The van der Waals surface area contributed by atoms with Crippen LogP contribution in [-0.2, 0) is 0 Å². The molecule has 0 unspecified atom stereocenters. The molecule has 1 aromatic carbocycles. The Labute approximate surface area is 136 Å². The minimum atomic E-state index is -0.999. The molecule has 0 atom stereocenters. The summed E-state index contributed by atoms with van der Waals surface area (Å²) in [4.78, 5) is 26.5. The average molecular weight is 326 g/mol. The number of carbonyl (C=O) groups is 2. The Morgan fingerprint density at radius 2 is 2.00 bits per heavy atom. The number of carboxylic acids is 1. The van der Waals surface area contributed by atoms with E-state index in [0.717, 1.165) is 0 Å². The van der Waals surface area contributed by atoms with Crippen LogP contribution in [0.1, 0.15) is 10.4 Å². The Morgan fingerprint density at radius 3 is 2.75 bits per heavy atom. The molecule has 3 aromatic rings. The van der Waals surface area contributed by atoms with Crippen molar-refractivity contribution in [2.75, 3.05) is 17.7 Å². The summed E-state index contributed by atoms with van der Waals surface area (Å²) in [6.07, 6.45) is 1.57. The second-order valence-corrected chi connectivity index (χ2v) is 4.86. The van der Waals surface area contributed by atoms with E-state index >= 15 is 0 Å². The van der Waals surface area contributed by atoms with Gasteiger partial charge in [0.15, 0.2) is 17.3 Å². The summed E-state index contributed by atoms with van der Waals surface area (Å²) in [5, 5.41) is 21.4. The largest absolute Gasteiger partial charge is 0.478 e. The molecule has 4 N–H and O–H groups in total. The van der Waals surface area contributed by atoms with Crippen LogP contribution in [-0.4, -0.2) is 38.8 Å². The number of nitrogens with zero attached hydrogens (tertiary/aromatic N) is 3. The molecule has 0 aliphatic heterocycles. The molecule has 0 saturated carbocycles. The van der Waals surface area contributed by atoms with Gasteiger partial charge in [0.1, 0.15) is 0 Å². The molecule has 9 heteroatoms.